The van der Waals surface area contributed by atoms with E-state index in [1.54, 1.807) is 14.2 Å². The van der Waals surface area contributed by atoms with Gasteiger partial charge < -0.3 is 19.8 Å². The van der Waals surface area contributed by atoms with Crippen molar-refractivity contribution in [3.63, 3.8) is 0 Å². The highest BCUT2D eigenvalue weighted by Crippen LogP contribution is 2.37. The number of ether oxygens (including phenoxy) is 2. The third kappa shape index (κ3) is 2.57. The van der Waals surface area contributed by atoms with Crippen molar-refractivity contribution in [2.24, 2.45) is 0 Å². The van der Waals surface area contributed by atoms with Crippen molar-refractivity contribution in [3.8, 4) is 11.5 Å². The van der Waals surface area contributed by atoms with Gasteiger partial charge in [-0.2, -0.15) is 0 Å². The van der Waals surface area contributed by atoms with Gasteiger partial charge in [-0.15, -0.1) is 0 Å². The molecular formula is C21H24N2O2. The first-order valence-corrected chi connectivity index (χ1v) is 8.69. The zero-order chi connectivity index (χ0) is 17.6. The third-order valence-electron chi connectivity index (χ3n) is 5.25. The van der Waals surface area contributed by atoms with Crippen molar-refractivity contribution in [1.82, 2.24) is 10.3 Å². The summed E-state index contributed by atoms with van der Waals surface area (Å²) in [5.74, 6) is 1.85. The summed E-state index contributed by atoms with van der Waals surface area (Å²) in [5.41, 5.74) is 7.53. The molecule has 1 aromatic heterocycles. The van der Waals surface area contributed by atoms with Crippen molar-refractivity contribution in [2.45, 2.75) is 26.3 Å². The van der Waals surface area contributed by atoms with Crippen LogP contribution < -0.4 is 14.8 Å². The largest absolute Gasteiger partial charge is 0.497 e. The minimum absolute atomic E-state index is 0.173. The summed E-state index contributed by atoms with van der Waals surface area (Å²) in [4.78, 5) is 3.64. The maximum absolute atomic E-state index is 5.47. The molecule has 1 unspecified atom stereocenters. The predicted molar refractivity (Wildman–Crippen MR) is 101 cm³/mol. The van der Waals surface area contributed by atoms with Crippen LogP contribution in [0.3, 0.4) is 0 Å². The molecule has 0 bridgehead atoms. The van der Waals surface area contributed by atoms with Crippen LogP contribution in [-0.2, 0) is 6.42 Å². The summed E-state index contributed by atoms with van der Waals surface area (Å²) in [7, 11) is 3.44. The topological polar surface area (TPSA) is 46.3 Å². The maximum Gasteiger partial charge on any atom is 0.122 e. The van der Waals surface area contributed by atoms with Gasteiger partial charge in [-0.3, -0.25) is 0 Å². The van der Waals surface area contributed by atoms with E-state index in [4.69, 9.17) is 9.47 Å². The molecule has 0 saturated heterocycles. The molecule has 1 aliphatic heterocycles. The van der Waals surface area contributed by atoms with Crippen LogP contribution in [-0.4, -0.2) is 25.7 Å². The minimum Gasteiger partial charge on any atom is -0.497 e. The van der Waals surface area contributed by atoms with E-state index in [0.717, 1.165) is 30.0 Å². The standard InChI is InChI=1S/C21H24N2O2/c1-12-10-19(25-4)13(2)9-16(12)20-21-15(7-8-22-20)17-11-14(24-3)5-6-18(17)23-21/h5-6,9-11,20,22-23H,7-8H2,1-4H3. The fourth-order valence-corrected chi connectivity index (χ4v) is 3.94. The monoisotopic (exact) mass is 336 g/mol. The molecule has 0 aliphatic carbocycles. The van der Waals surface area contributed by atoms with Gasteiger partial charge >= 0.3 is 0 Å². The van der Waals surface area contributed by atoms with E-state index in [1.807, 2.05) is 6.07 Å². The van der Waals surface area contributed by atoms with E-state index in [-0.39, 0.29) is 6.04 Å². The van der Waals surface area contributed by atoms with Crippen molar-refractivity contribution in [1.29, 1.82) is 0 Å². The maximum atomic E-state index is 5.47. The summed E-state index contributed by atoms with van der Waals surface area (Å²) < 4.78 is 10.9. The molecule has 2 aromatic carbocycles. The number of H-pyrrole nitrogens is 1. The van der Waals surface area contributed by atoms with Crippen LogP contribution in [0.5, 0.6) is 11.5 Å². The first-order valence-electron chi connectivity index (χ1n) is 8.69. The van der Waals surface area contributed by atoms with Gasteiger partial charge in [-0.05, 0) is 66.8 Å². The Hall–Kier alpha value is -2.46. The number of nitrogens with one attached hydrogen (secondary N) is 2. The first kappa shape index (κ1) is 16.0. The molecule has 25 heavy (non-hydrogen) atoms. The van der Waals surface area contributed by atoms with Crippen molar-refractivity contribution < 1.29 is 9.47 Å². The lowest BCUT2D eigenvalue weighted by atomic mass is 9.90. The zero-order valence-corrected chi connectivity index (χ0v) is 15.2. The van der Waals surface area contributed by atoms with Gasteiger partial charge in [-0.25, -0.2) is 0 Å². The summed E-state index contributed by atoms with van der Waals surface area (Å²) in [6.07, 6.45) is 1.02. The van der Waals surface area contributed by atoms with Gasteiger partial charge in [0, 0.05) is 23.1 Å². The molecule has 4 nitrogen and oxygen atoms in total. The third-order valence-corrected chi connectivity index (χ3v) is 5.25. The van der Waals surface area contributed by atoms with E-state index in [1.165, 1.54) is 33.3 Å². The van der Waals surface area contributed by atoms with Crippen LogP contribution in [0.4, 0.5) is 0 Å². The molecule has 2 heterocycles. The van der Waals surface area contributed by atoms with Crippen molar-refractivity contribution >= 4 is 10.9 Å². The molecule has 0 radical (unpaired) electrons. The number of benzene rings is 2. The Morgan fingerprint density at radius 3 is 2.60 bits per heavy atom. The molecule has 0 saturated carbocycles. The Balaban J connectivity index is 1.86. The lowest BCUT2D eigenvalue weighted by molar-refractivity contribution is 0.410. The number of hydrogen-bond acceptors (Lipinski definition) is 3. The van der Waals surface area contributed by atoms with E-state index < -0.39 is 0 Å². The summed E-state index contributed by atoms with van der Waals surface area (Å²) in [6, 6.07) is 10.8. The molecule has 130 valence electrons. The van der Waals surface area contributed by atoms with Crippen LogP contribution in [0, 0.1) is 13.8 Å². The zero-order valence-electron chi connectivity index (χ0n) is 15.2. The van der Waals surface area contributed by atoms with Crippen LogP contribution in [0.15, 0.2) is 30.3 Å². The summed E-state index contributed by atoms with van der Waals surface area (Å²) in [5, 5.41) is 4.95. The Morgan fingerprint density at radius 1 is 1.00 bits per heavy atom. The quantitative estimate of drug-likeness (QED) is 0.759. The normalized spacial score (nSPS) is 16.7. The Bertz CT molecular complexity index is 943. The molecule has 3 aromatic rings. The van der Waals surface area contributed by atoms with E-state index in [0.29, 0.717) is 0 Å². The lowest BCUT2D eigenvalue weighted by Crippen LogP contribution is -2.31. The number of aromatic nitrogens is 1. The molecule has 1 atom stereocenters. The van der Waals surface area contributed by atoms with Gasteiger partial charge in [0.1, 0.15) is 11.5 Å². The summed E-state index contributed by atoms with van der Waals surface area (Å²) in [6.45, 7) is 5.22. The number of aryl methyl sites for hydroxylation is 2. The Labute approximate surface area is 148 Å². The van der Waals surface area contributed by atoms with Gasteiger partial charge in [-0.1, -0.05) is 6.07 Å². The van der Waals surface area contributed by atoms with Crippen LogP contribution in [0.25, 0.3) is 10.9 Å². The van der Waals surface area contributed by atoms with Gasteiger partial charge in [0.15, 0.2) is 0 Å². The average Bonchev–Trinajstić information content (AvgIpc) is 3.01. The first-order chi connectivity index (χ1) is 12.1. The predicted octanol–water partition coefficient (Wildman–Crippen LogP) is 4.04. The molecule has 4 heteroatoms. The minimum atomic E-state index is 0.173. The molecule has 0 spiro atoms. The Kier molecular flexibility index (Phi) is 3.92. The molecular weight excluding hydrogens is 312 g/mol. The van der Waals surface area contributed by atoms with E-state index >= 15 is 0 Å². The number of fused-ring (bicyclic) bond motifs is 3. The van der Waals surface area contributed by atoms with Crippen LogP contribution in [0.2, 0.25) is 0 Å². The fraction of sp³-hybridized carbons (Fsp3) is 0.333. The van der Waals surface area contributed by atoms with E-state index in [9.17, 15) is 0 Å². The lowest BCUT2D eigenvalue weighted by Gasteiger charge is -2.27. The highest BCUT2D eigenvalue weighted by atomic mass is 16.5. The number of methoxy groups -OCH3 is 2. The number of hydrogen-bond donors (Lipinski definition) is 2. The van der Waals surface area contributed by atoms with Gasteiger partial charge in [0.25, 0.3) is 0 Å². The second kappa shape index (κ2) is 6.12. The van der Waals surface area contributed by atoms with Gasteiger partial charge in [0.2, 0.25) is 0 Å². The number of rotatable bonds is 3. The second-order valence-electron chi connectivity index (χ2n) is 6.74. The van der Waals surface area contributed by atoms with Crippen molar-refractivity contribution in [2.75, 3.05) is 20.8 Å². The fourth-order valence-electron chi connectivity index (χ4n) is 3.94. The highest BCUT2D eigenvalue weighted by molar-refractivity contribution is 5.86. The smallest absolute Gasteiger partial charge is 0.122 e. The Morgan fingerprint density at radius 2 is 1.84 bits per heavy atom. The van der Waals surface area contributed by atoms with E-state index in [2.05, 4.69) is 48.4 Å². The van der Waals surface area contributed by atoms with Crippen molar-refractivity contribution in [3.05, 3.63) is 58.3 Å². The summed E-state index contributed by atoms with van der Waals surface area (Å²) >= 11 is 0. The average molecular weight is 336 g/mol. The molecule has 0 fully saturated rings. The molecule has 1 aliphatic rings. The number of aromatic amines is 1. The molecule has 4 rings (SSSR count). The second-order valence-corrected chi connectivity index (χ2v) is 6.74. The highest BCUT2D eigenvalue weighted by Gasteiger charge is 2.27. The van der Waals surface area contributed by atoms with Crippen LogP contribution >= 0.6 is 0 Å². The molecule has 0 amide bonds. The van der Waals surface area contributed by atoms with Crippen LogP contribution in [0.1, 0.15) is 34.0 Å². The SMILES string of the molecule is COc1ccc2[nH]c3c(c2c1)CCNC3c1cc(C)c(OC)cc1C. The molecule has 2 N–H and O–H groups in total. The van der Waals surface area contributed by atoms with Gasteiger partial charge in [0.05, 0.1) is 20.3 Å².